The highest BCUT2D eigenvalue weighted by Crippen LogP contribution is 2.37. The summed E-state index contributed by atoms with van der Waals surface area (Å²) in [5.74, 6) is -0.496. The maximum atomic E-state index is 13.1. The number of nitrogens with zero attached hydrogens (tertiary/aromatic N) is 4. The molecule has 0 saturated carbocycles. The average Bonchev–Trinajstić information content (AvgIpc) is 3.32. The smallest absolute Gasteiger partial charge is 0.321 e. The molecule has 0 aliphatic rings. The predicted molar refractivity (Wildman–Crippen MR) is 100 cm³/mol. The quantitative estimate of drug-likeness (QED) is 0.515. The Bertz CT molecular complexity index is 1180. The Morgan fingerprint density at radius 3 is 2.57 bits per heavy atom. The van der Waals surface area contributed by atoms with E-state index >= 15 is 0 Å². The first-order valence-electron chi connectivity index (χ1n) is 7.88. The van der Waals surface area contributed by atoms with Crippen LogP contribution in [0.2, 0.25) is 5.02 Å². The van der Waals surface area contributed by atoms with Gasteiger partial charge in [-0.2, -0.15) is 23.4 Å². The molecule has 3 aromatic heterocycles. The molecule has 28 heavy (non-hydrogen) atoms. The van der Waals surface area contributed by atoms with Crippen molar-refractivity contribution in [1.82, 2.24) is 19.6 Å². The maximum Gasteiger partial charge on any atom is 0.435 e. The third-order valence-corrected chi connectivity index (χ3v) is 5.34. The predicted octanol–water partition coefficient (Wildman–Crippen LogP) is 4.75. The number of carbonyl (C=O) groups excluding carboxylic acids is 1. The highest BCUT2D eigenvalue weighted by molar-refractivity contribution is 7.20. The Kier molecular flexibility index (Phi) is 4.39. The molecule has 0 saturated heterocycles. The van der Waals surface area contributed by atoms with Crippen LogP contribution in [0.4, 0.5) is 18.9 Å². The van der Waals surface area contributed by atoms with Crippen LogP contribution >= 0.6 is 22.9 Å². The van der Waals surface area contributed by atoms with Crippen LogP contribution in [0.5, 0.6) is 0 Å². The first-order chi connectivity index (χ1) is 13.2. The van der Waals surface area contributed by atoms with Crippen LogP contribution in [0, 0.1) is 0 Å². The Labute approximate surface area is 165 Å². The summed E-state index contributed by atoms with van der Waals surface area (Å²) in [6, 6.07) is 8.01. The van der Waals surface area contributed by atoms with Crippen LogP contribution in [0.1, 0.15) is 15.4 Å². The third kappa shape index (κ3) is 3.36. The van der Waals surface area contributed by atoms with Crippen molar-refractivity contribution in [3.63, 3.8) is 0 Å². The number of anilines is 1. The molecule has 6 nitrogen and oxygen atoms in total. The number of alkyl halides is 3. The number of hydrogen-bond donors (Lipinski definition) is 1. The van der Waals surface area contributed by atoms with E-state index in [1.54, 1.807) is 35.1 Å². The third-order valence-electron chi connectivity index (χ3n) is 3.94. The largest absolute Gasteiger partial charge is 0.435 e. The first kappa shape index (κ1) is 18.5. The molecule has 0 spiro atoms. The molecular formula is C17H11ClF3N5OS. The molecule has 11 heteroatoms. The summed E-state index contributed by atoms with van der Waals surface area (Å²) in [6.07, 6.45) is -1.44. The van der Waals surface area contributed by atoms with Gasteiger partial charge in [0.05, 0.1) is 21.8 Å². The zero-order valence-corrected chi connectivity index (χ0v) is 15.7. The molecule has 0 radical (unpaired) electrons. The number of aromatic nitrogens is 4. The van der Waals surface area contributed by atoms with Crippen molar-refractivity contribution in [3.05, 3.63) is 58.3 Å². The van der Waals surface area contributed by atoms with Gasteiger partial charge in [0.15, 0.2) is 5.69 Å². The van der Waals surface area contributed by atoms with Crippen LogP contribution in [0.25, 0.3) is 15.9 Å². The molecule has 0 bridgehead atoms. The maximum absolute atomic E-state index is 13.1. The number of thiophene rings is 1. The van der Waals surface area contributed by atoms with Crippen molar-refractivity contribution in [1.29, 1.82) is 0 Å². The lowest BCUT2D eigenvalue weighted by atomic mass is 10.2. The van der Waals surface area contributed by atoms with Gasteiger partial charge in [-0.15, -0.1) is 11.3 Å². The Morgan fingerprint density at radius 2 is 1.96 bits per heavy atom. The van der Waals surface area contributed by atoms with Crippen molar-refractivity contribution in [2.24, 2.45) is 7.05 Å². The minimum Gasteiger partial charge on any atom is -0.321 e. The molecule has 4 rings (SSSR count). The van der Waals surface area contributed by atoms with Crippen molar-refractivity contribution in [3.8, 4) is 5.69 Å². The molecule has 1 N–H and O–H groups in total. The highest BCUT2D eigenvalue weighted by Gasteiger charge is 2.37. The normalized spacial score (nSPS) is 11.9. The Hall–Kier alpha value is -2.85. The molecule has 1 aromatic carbocycles. The van der Waals surface area contributed by atoms with Crippen LogP contribution < -0.4 is 5.32 Å². The molecule has 0 unspecified atom stereocenters. The minimum atomic E-state index is -4.58. The second-order valence-corrected chi connectivity index (χ2v) is 7.37. The molecular weight excluding hydrogens is 415 g/mol. The summed E-state index contributed by atoms with van der Waals surface area (Å²) < 4.78 is 41.9. The van der Waals surface area contributed by atoms with Gasteiger partial charge in [-0.25, -0.2) is 4.68 Å². The number of fused-ring (bicyclic) bond motifs is 1. The SMILES string of the molecule is Cn1nc(C(F)(F)F)c2cc(C(=O)Nc3ccc(-n4cc(Cl)cn4)cc3)sc21. The summed E-state index contributed by atoms with van der Waals surface area (Å²) in [7, 11) is 1.41. The summed E-state index contributed by atoms with van der Waals surface area (Å²) in [5, 5.41) is 10.7. The van der Waals surface area contributed by atoms with Gasteiger partial charge in [-0.1, -0.05) is 11.6 Å². The van der Waals surface area contributed by atoms with Gasteiger partial charge < -0.3 is 5.32 Å². The zero-order chi connectivity index (χ0) is 20.1. The van der Waals surface area contributed by atoms with Crippen molar-refractivity contribution < 1.29 is 18.0 Å². The number of carbonyl (C=O) groups is 1. The van der Waals surface area contributed by atoms with E-state index in [9.17, 15) is 18.0 Å². The van der Waals surface area contributed by atoms with Crippen molar-refractivity contribution >= 4 is 44.7 Å². The van der Waals surface area contributed by atoms with E-state index in [4.69, 9.17) is 11.6 Å². The monoisotopic (exact) mass is 425 g/mol. The van der Waals surface area contributed by atoms with Gasteiger partial charge in [-0.05, 0) is 30.3 Å². The molecule has 0 aliphatic heterocycles. The van der Waals surface area contributed by atoms with Gasteiger partial charge in [0, 0.05) is 24.3 Å². The number of amides is 1. The number of aryl methyl sites for hydroxylation is 1. The fourth-order valence-electron chi connectivity index (χ4n) is 2.69. The lowest BCUT2D eigenvalue weighted by molar-refractivity contribution is -0.140. The standard InChI is InChI=1S/C17H11ClF3N5OS/c1-25-16-12(14(24-25)17(19,20)21)6-13(28-16)15(27)23-10-2-4-11(5-3-10)26-8-9(18)7-22-26/h2-8H,1H3,(H,23,27). The van der Waals surface area contributed by atoms with Gasteiger partial charge in [0.1, 0.15) is 4.83 Å². The number of halogens is 4. The van der Waals surface area contributed by atoms with Gasteiger partial charge in [0.25, 0.3) is 5.91 Å². The van der Waals surface area contributed by atoms with Crippen molar-refractivity contribution in [2.45, 2.75) is 6.18 Å². The number of hydrogen-bond acceptors (Lipinski definition) is 4. The summed E-state index contributed by atoms with van der Waals surface area (Å²) in [5.41, 5.74) is 0.244. The van der Waals surface area contributed by atoms with Crippen molar-refractivity contribution in [2.75, 3.05) is 5.32 Å². The summed E-state index contributed by atoms with van der Waals surface area (Å²) in [4.78, 5) is 12.9. The average molecular weight is 426 g/mol. The summed E-state index contributed by atoms with van der Waals surface area (Å²) >= 11 is 6.79. The summed E-state index contributed by atoms with van der Waals surface area (Å²) in [6.45, 7) is 0. The molecule has 3 heterocycles. The van der Waals surface area contributed by atoms with E-state index in [1.165, 1.54) is 19.3 Å². The zero-order valence-electron chi connectivity index (χ0n) is 14.2. The molecule has 0 atom stereocenters. The molecule has 0 aliphatic carbocycles. The van der Waals surface area contributed by atoms with E-state index in [2.05, 4.69) is 15.5 Å². The van der Waals surface area contributed by atoms with Gasteiger partial charge in [0.2, 0.25) is 0 Å². The van der Waals surface area contributed by atoms with Crippen LogP contribution in [0.15, 0.2) is 42.7 Å². The van der Waals surface area contributed by atoms with E-state index in [-0.39, 0.29) is 15.1 Å². The van der Waals surface area contributed by atoms with E-state index in [0.29, 0.717) is 10.7 Å². The minimum absolute atomic E-state index is 0.0870. The van der Waals surface area contributed by atoms with E-state index < -0.39 is 17.8 Å². The number of benzene rings is 1. The van der Waals surface area contributed by atoms with Crippen LogP contribution in [-0.2, 0) is 13.2 Å². The topological polar surface area (TPSA) is 64.7 Å². The molecule has 144 valence electrons. The molecule has 1 amide bonds. The second-order valence-electron chi connectivity index (χ2n) is 5.90. The van der Waals surface area contributed by atoms with Gasteiger partial charge in [-0.3, -0.25) is 9.48 Å². The number of nitrogens with one attached hydrogen (secondary N) is 1. The number of rotatable bonds is 3. The lowest BCUT2D eigenvalue weighted by Crippen LogP contribution is -2.11. The highest BCUT2D eigenvalue weighted by atomic mass is 35.5. The van der Waals surface area contributed by atoms with Crippen LogP contribution in [0.3, 0.4) is 0 Å². The lowest BCUT2D eigenvalue weighted by Gasteiger charge is -2.06. The Morgan fingerprint density at radius 1 is 1.25 bits per heavy atom. The fourth-order valence-corrected chi connectivity index (χ4v) is 3.80. The first-order valence-corrected chi connectivity index (χ1v) is 9.07. The fraction of sp³-hybridized carbons (Fsp3) is 0.118. The second kappa shape index (κ2) is 6.64. The Balaban J connectivity index is 1.57. The molecule has 0 fully saturated rings. The van der Waals surface area contributed by atoms with E-state index in [1.807, 2.05) is 0 Å². The van der Waals surface area contributed by atoms with E-state index in [0.717, 1.165) is 21.7 Å². The van der Waals surface area contributed by atoms with Crippen LogP contribution in [-0.4, -0.2) is 25.5 Å². The van der Waals surface area contributed by atoms with Gasteiger partial charge >= 0.3 is 6.18 Å². The molecule has 4 aromatic rings.